The second-order valence-corrected chi connectivity index (χ2v) is 4.85. The van der Waals surface area contributed by atoms with Gasteiger partial charge in [0, 0.05) is 0 Å². The first kappa shape index (κ1) is 13.0. The summed E-state index contributed by atoms with van der Waals surface area (Å²) in [7, 11) is 0. The standard InChI is InChI=1S/C12H10ClNO3S/c13-5-6-17-9-3-1-8(2-4-9)7-10-11(15)14-12(16)18-10/h1-4,7H,5-6H2,(H,14,15,16). The third-order valence-corrected chi connectivity index (χ3v) is 3.13. The van der Waals surface area contributed by atoms with Crippen LogP contribution in [-0.2, 0) is 4.79 Å². The summed E-state index contributed by atoms with van der Waals surface area (Å²) in [6.45, 7) is 0.453. The molecule has 0 atom stereocenters. The number of imide groups is 1. The van der Waals surface area contributed by atoms with Gasteiger partial charge in [0.15, 0.2) is 0 Å². The molecule has 18 heavy (non-hydrogen) atoms. The minimum atomic E-state index is -0.354. The molecule has 0 unspecified atom stereocenters. The van der Waals surface area contributed by atoms with E-state index >= 15 is 0 Å². The van der Waals surface area contributed by atoms with Crippen LogP contribution in [0.1, 0.15) is 5.56 Å². The summed E-state index contributed by atoms with van der Waals surface area (Å²) >= 11 is 6.41. The summed E-state index contributed by atoms with van der Waals surface area (Å²) in [6, 6.07) is 7.21. The molecule has 0 saturated carbocycles. The SMILES string of the molecule is O=C1NC(=O)C(=Cc2ccc(OCCCl)cc2)S1. The average molecular weight is 284 g/mol. The third kappa shape index (κ3) is 3.27. The van der Waals surface area contributed by atoms with Gasteiger partial charge in [-0.15, -0.1) is 11.6 Å². The predicted octanol–water partition coefficient (Wildman–Crippen LogP) is 2.63. The fourth-order valence-electron chi connectivity index (χ4n) is 1.39. The Hall–Kier alpha value is -1.46. The second-order valence-electron chi connectivity index (χ2n) is 3.46. The number of benzene rings is 1. The van der Waals surface area contributed by atoms with Crippen LogP contribution in [0.4, 0.5) is 4.79 Å². The maximum Gasteiger partial charge on any atom is 0.290 e. The van der Waals surface area contributed by atoms with Crippen LogP contribution >= 0.6 is 23.4 Å². The smallest absolute Gasteiger partial charge is 0.290 e. The highest BCUT2D eigenvalue weighted by atomic mass is 35.5. The van der Waals surface area contributed by atoms with E-state index in [1.165, 1.54) is 0 Å². The lowest BCUT2D eigenvalue weighted by Crippen LogP contribution is -2.17. The zero-order chi connectivity index (χ0) is 13.0. The number of nitrogens with one attached hydrogen (secondary N) is 1. The molecule has 2 rings (SSSR count). The zero-order valence-corrected chi connectivity index (χ0v) is 10.9. The van der Waals surface area contributed by atoms with Crippen LogP contribution in [0.25, 0.3) is 6.08 Å². The van der Waals surface area contributed by atoms with Crippen molar-refractivity contribution >= 4 is 40.6 Å². The molecule has 0 bridgehead atoms. The lowest BCUT2D eigenvalue weighted by molar-refractivity contribution is -0.115. The maximum absolute atomic E-state index is 11.3. The van der Waals surface area contributed by atoms with Gasteiger partial charge >= 0.3 is 0 Å². The summed E-state index contributed by atoms with van der Waals surface area (Å²) in [5.74, 6) is 0.801. The van der Waals surface area contributed by atoms with Gasteiger partial charge in [-0.25, -0.2) is 0 Å². The number of thioether (sulfide) groups is 1. The third-order valence-electron chi connectivity index (χ3n) is 2.17. The molecule has 1 aromatic carbocycles. The molecule has 1 aliphatic rings. The van der Waals surface area contributed by atoms with E-state index < -0.39 is 0 Å². The van der Waals surface area contributed by atoms with E-state index in [2.05, 4.69) is 5.32 Å². The molecule has 2 amide bonds. The van der Waals surface area contributed by atoms with Gasteiger partial charge < -0.3 is 4.74 Å². The van der Waals surface area contributed by atoms with Crippen molar-refractivity contribution in [2.45, 2.75) is 0 Å². The first-order chi connectivity index (χ1) is 8.69. The largest absolute Gasteiger partial charge is 0.492 e. The highest BCUT2D eigenvalue weighted by Gasteiger charge is 2.24. The number of alkyl halides is 1. The number of halogens is 1. The zero-order valence-electron chi connectivity index (χ0n) is 9.31. The number of hydrogen-bond acceptors (Lipinski definition) is 4. The van der Waals surface area contributed by atoms with Crippen LogP contribution in [0, 0.1) is 0 Å². The number of rotatable bonds is 4. The normalized spacial score (nSPS) is 17.1. The van der Waals surface area contributed by atoms with Crippen molar-refractivity contribution in [2.75, 3.05) is 12.5 Å². The second kappa shape index (κ2) is 5.93. The lowest BCUT2D eigenvalue weighted by atomic mass is 10.2. The number of carbonyl (C=O) groups excluding carboxylic acids is 2. The minimum absolute atomic E-state index is 0.340. The van der Waals surface area contributed by atoms with Crippen molar-refractivity contribution in [2.24, 2.45) is 0 Å². The van der Waals surface area contributed by atoms with Gasteiger partial charge in [0.1, 0.15) is 12.4 Å². The maximum atomic E-state index is 11.3. The number of amides is 2. The molecular formula is C12H10ClNO3S. The van der Waals surface area contributed by atoms with E-state index in [1.54, 1.807) is 18.2 Å². The van der Waals surface area contributed by atoms with Gasteiger partial charge in [0.25, 0.3) is 11.1 Å². The van der Waals surface area contributed by atoms with Gasteiger partial charge in [-0.1, -0.05) is 12.1 Å². The molecule has 0 radical (unpaired) electrons. The summed E-state index contributed by atoms with van der Waals surface area (Å²) in [5, 5.41) is 1.86. The van der Waals surface area contributed by atoms with E-state index in [4.69, 9.17) is 16.3 Å². The predicted molar refractivity (Wildman–Crippen MR) is 71.8 cm³/mol. The Kier molecular flexibility index (Phi) is 4.28. The molecule has 4 nitrogen and oxygen atoms in total. The van der Waals surface area contributed by atoms with Crippen molar-refractivity contribution in [3.05, 3.63) is 34.7 Å². The number of ether oxygens (including phenoxy) is 1. The summed E-state index contributed by atoms with van der Waals surface area (Å²) < 4.78 is 5.33. The molecule has 1 fully saturated rings. The first-order valence-corrected chi connectivity index (χ1v) is 6.58. The van der Waals surface area contributed by atoms with E-state index in [9.17, 15) is 9.59 Å². The van der Waals surface area contributed by atoms with Crippen molar-refractivity contribution in [1.82, 2.24) is 5.32 Å². The van der Waals surface area contributed by atoms with E-state index in [-0.39, 0.29) is 11.1 Å². The van der Waals surface area contributed by atoms with Crippen LogP contribution < -0.4 is 10.1 Å². The van der Waals surface area contributed by atoms with Gasteiger partial charge in [-0.05, 0) is 35.5 Å². The van der Waals surface area contributed by atoms with Crippen molar-refractivity contribution in [3.63, 3.8) is 0 Å². The summed E-state index contributed by atoms with van der Waals surface area (Å²) in [5.41, 5.74) is 0.834. The van der Waals surface area contributed by atoms with E-state index in [0.717, 1.165) is 23.1 Å². The topological polar surface area (TPSA) is 55.4 Å². The Bertz CT molecular complexity index is 499. The van der Waals surface area contributed by atoms with Crippen LogP contribution in [0.3, 0.4) is 0 Å². The van der Waals surface area contributed by atoms with Crippen LogP contribution in [-0.4, -0.2) is 23.6 Å². The van der Waals surface area contributed by atoms with E-state index in [1.807, 2.05) is 12.1 Å². The minimum Gasteiger partial charge on any atom is -0.492 e. The molecular weight excluding hydrogens is 274 g/mol. The van der Waals surface area contributed by atoms with Crippen molar-refractivity contribution < 1.29 is 14.3 Å². The highest BCUT2D eigenvalue weighted by molar-refractivity contribution is 8.18. The molecule has 6 heteroatoms. The Balaban J connectivity index is 2.08. The summed E-state index contributed by atoms with van der Waals surface area (Å²) in [6.07, 6.45) is 1.66. The van der Waals surface area contributed by atoms with Gasteiger partial charge in [-0.3, -0.25) is 14.9 Å². The van der Waals surface area contributed by atoms with Crippen LogP contribution in [0.5, 0.6) is 5.75 Å². The molecule has 0 spiro atoms. The Labute approximate surface area is 113 Å². The fourth-order valence-corrected chi connectivity index (χ4v) is 2.15. The van der Waals surface area contributed by atoms with Crippen LogP contribution in [0.2, 0.25) is 0 Å². The van der Waals surface area contributed by atoms with E-state index in [0.29, 0.717) is 17.4 Å². The molecule has 1 aliphatic heterocycles. The Morgan fingerprint density at radius 1 is 1.28 bits per heavy atom. The van der Waals surface area contributed by atoms with Crippen molar-refractivity contribution in [3.8, 4) is 5.75 Å². The molecule has 1 aromatic rings. The monoisotopic (exact) mass is 283 g/mol. The molecule has 0 aromatic heterocycles. The fraction of sp³-hybridized carbons (Fsp3) is 0.167. The molecule has 1 heterocycles. The highest BCUT2D eigenvalue weighted by Crippen LogP contribution is 2.26. The molecule has 1 N–H and O–H groups in total. The van der Waals surface area contributed by atoms with Crippen molar-refractivity contribution in [1.29, 1.82) is 0 Å². The van der Waals surface area contributed by atoms with Gasteiger partial charge in [0.2, 0.25) is 0 Å². The summed E-state index contributed by atoms with van der Waals surface area (Å²) in [4.78, 5) is 22.7. The molecule has 0 aliphatic carbocycles. The average Bonchev–Trinajstić information content (AvgIpc) is 2.67. The first-order valence-electron chi connectivity index (χ1n) is 5.23. The molecule has 1 saturated heterocycles. The Morgan fingerprint density at radius 3 is 2.56 bits per heavy atom. The Morgan fingerprint density at radius 2 is 2.00 bits per heavy atom. The van der Waals surface area contributed by atoms with Gasteiger partial charge in [-0.2, -0.15) is 0 Å². The lowest BCUT2D eigenvalue weighted by Gasteiger charge is -2.03. The quantitative estimate of drug-likeness (QED) is 0.682. The van der Waals surface area contributed by atoms with Gasteiger partial charge in [0.05, 0.1) is 10.8 Å². The molecule has 94 valence electrons. The van der Waals surface area contributed by atoms with Crippen LogP contribution in [0.15, 0.2) is 29.2 Å². The number of hydrogen-bond donors (Lipinski definition) is 1. The number of carbonyl (C=O) groups is 2.